The number of nitrogens with zero attached hydrogens (tertiary/aromatic N) is 4. The zero-order valence-corrected chi connectivity index (χ0v) is 12.3. The second kappa shape index (κ2) is 11.2. The third kappa shape index (κ3) is 17.6. The Morgan fingerprint density at radius 1 is 1.00 bits per heavy atom. The van der Waals surface area contributed by atoms with Gasteiger partial charge in [0.15, 0.2) is 0 Å². The lowest BCUT2D eigenvalue weighted by Crippen LogP contribution is -2.37. The van der Waals surface area contributed by atoms with E-state index >= 15 is 0 Å². The molecule has 0 radical (unpaired) electrons. The maximum atomic E-state index is 9.56. The van der Waals surface area contributed by atoms with Crippen LogP contribution < -0.4 is 22.9 Å². The molecule has 0 bridgehead atoms. The molecule has 0 aromatic heterocycles. The number of aliphatic hydroxyl groups excluding tert-OH is 3. The van der Waals surface area contributed by atoms with E-state index in [4.69, 9.17) is 45.6 Å². The largest absolute Gasteiger partial charge is 0.394 e. The summed E-state index contributed by atoms with van der Waals surface area (Å²) in [5, 5.41) is 40.8. The standard InChI is InChI=1S/C7H16N8O3.H2O4S/c8-6(9)14-12-1-3(13-15-7(10)11)5(18)4(17)2-16;1-5(2,3)4/h1,4-5,16-18H,2H2,(H4,8,9,14)(H4,10,11,15);(H2,1,2,3,4)/b12-1+,13-3-;. The van der Waals surface area contributed by atoms with Crippen LogP contribution in [0.15, 0.2) is 20.4 Å². The molecule has 0 rings (SSSR count). The van der Waals surface area contributed by atoms with E-state index in [9.17, 15) is 10.2 Å². The molecule has 0 aromatic rings. The van der Waals surface area contributed by atoms with Gasteiger partial charge in [0.2, 0.25) is 11.9 Å². The first kappa shape index (κ1) is 22.9. The van der Waals surface area contributed by atoms with Gasteiger partial charge in [-0.25, -0.2) is 0 Å². The molecule has 0 heterocycles. The minimum atomic E-state index is -4.67. The number of nitrogens with two attached hydrogens (primary N) is 4. The topological polar surface area (TPSA) is 289 Å². The Bertz CT molecular complexity index is 555. The summed E-state index contributed by atoms with van der Waals surface area (Å²) >= 11 is 0. The van der Waals surface area contributed by atoms with Gasteiger partial charge in [0.05, 0.1) is 12.8 Å². The summed E-state index contributed by atoms with van der Waals surface area (Å²) in [5.74, 6) is -0.682. The number of guanidine groups is 2. The van der Waals surface area contributed by atoms with Gasteiger partial charge in [-0.3, -0.25) is 9.11 Å². The lowest BCUT2D eigenvalue weighted by atomic mass is 10.1. The van der Waals surface area contributed by atoms with Crippen molar-refractivity contribution >= 4 is 34.2 Å². The fourth-order valence-corrected chi connectivity index (χ4v) is 0.728. The maximum absolute atomic E-state index is 9.56. The molecule has 2 atom stereocenters. The molecule has 2 unspecified atom stereocenters. The fraction of sp³-hybridized carbons (Fsp3) is 0.429. The van der Waals surface area contributed by atoms with E-state index in [2.05, 4.69) is 20.4 Å². The average molecular weight is 358 g/mol. The second-order valence-corrected chi connectivity index (χ2v) is 4.36. The Balaban J connectivity index is 0. The van der Waals surface area contributed by atoms with Crippen molar-refractivity contribution in [3.8, 4) is 0 Å². The van der Waals surface area contributed by atoms with E-state index in [0.717, 1.165) is 6.21 Å². The predicted molar refractivity (Wildman–Crippen MR) is 80.8 cm³/mol. The number of rotatable bonds is 6. The molecule has 0 fully saturated rings. The van der Waals surface area contributed by atoms with Gasteiger partial charge in [0.1, 0.15) is 17.9 Å². The van der Waals surface area contributed by atoms with Gasteiger partial charge in [-0.1, -0.05) is 0 Å². The molecule has 134 valence electrons. The van der Waals surface area contributed by atoms with Crippen LogP contribution >= 0.6 is 0 Å². The van der Waals surface area contributed by atoms with Gasteiger partial charge in [0, 0.05) is 0 Å². The average Bonchev–Trinajstić information content (AvgIpc) is 2.38. The highest BCUT2D eigenvalue weighted by atomic mass is 32.3. The van der Waals surface area contributed by atoms with Gasteiger partial charge >= 0.3 is 10.4 Å². The Morgan fingerprint density at radius 3 is 1.78 bits per heavy atom. The smallest absolute Gasteiger partial charge is 0.394 e. The maximum Gasteiger partial charge on any atom is 0.394 e. The number of aliphatic hydroxyl groups is 3. The van der Waals surface area contributed by atoms with Crippen LogP contribution in [0.2, 0.25) is 0 Å². The van der Waals surface area contributed by atoms with Crippen molar-refractivity contribution in [3.05, 3.63) is 0 Å². The Hall–Kier alpha value is -2.37. The van der Waals surface area contributed by atoms with Crippen molar-refractivity contribution in [2.75, 3.05) is 6.61 Å². The molecule has 0 saturated heterocycles. The molecular weight excluding hydrogens is 340 g/mol. The molecule has 0 aromatic carbocycles. The van der Waals surface area contributed by atoms with E-state index in [1.165, 1.54) is 0 Å². The quantitative estimate of drug-likeness (QED) is 0.0935. The minimum absolute atomic E-state index is 0.241. The van der Waals surface area contributed by atoms with Crippen LogP contribution in [-0.2, 0) is 10.4 Å². The van der Waals surface area contributed by atoms with Crippen LogP contribution in [0, 0.1) is 0 Å². The molecule has 0 saturated carbocycles. The highest BCUT2D eigenvalue weighted by Crippen LogP contribution is 1.96. The van der Waals surface area contributed by atoms with Crippen LogP contribution in [-0.4, -0.2) is 75.5 Å². The summed E-state index contributed by atoms with van der Waals surface area (Å²) in [5.41, 5.74) is 19.9. The van der Waals surface area contributed by atoms with Crippen LogP contribution in [0.4, 0.5) is 0 Å². The van der Waals surface area contributed by atoms with E-state index in [0.29, 0.717) is 0 Å². The highest BCUT2D eigenvalue weighted by Gasteiger charge is 2.20. The Kier molecular flexibility index (Phi) is 11.2. The number of hydrogen-bond donors (Lipinski definition) is 9. The lowest BCUT2D eigenvalue weighted by Gasteiger charge is -2.13. The van der Waals surface area contributed by atoms with Gasteiger partial charge in [0.25, 0.3) is 0 Å². The summed E-state index contributed by atoms with van der Waals surface area (Å²) in [6.07, 6.45) is -2.12. The molecule has 13 N–H and O–H groups in total. The van der Waals surface area contributed by atoms with Crippen molar-refractivity contribution < 1.29 is 32.8 Å². The number of hydrogen-bond acceptors (Lipinski definition) is 9. The van der Waals surface area contributed by atoms with Gasteiger partial charge in [-0.15, -0.1) is 15.3 Å². The summed E-state index contributed by atoms with van der Waals surface area (Å²) in [4.78, 5) is 0. The molecule has 23 heavy (non-hydrogen) atoms. The van der Waals surface area contributed by atoms with Crippen molar-refractivity contribution in [1.82, 2.24) is 0 Å². The molecule has 0 amide bonds. The Morgan fingerprint density at radius 2 is 1.43 bits per heavy atom. The van der Waals surface area contributed by atoms with Crippen molar-refractivity contribution in [2.45, 2.75) is 12.2 Å². The third-order valence-corrected chi connectivity index (χ3v) is 1.50. The third-order valence-electron chi connectivity index (χ3n) is 1.50. The first-order chi connectivity index (χ1) is 10.4. The van der Waals surface area contributed by atoms with E-state index < -0.39 is 29.2 Å². The highest BCUT2D eigenvalue weighted by molar-refractivity contribution is 7.79. The van der Waals surface area contributed by atoms with Crippen molar-refractivity contribution in [3.63, 3.8) is 0 Å². The molecule has 0 spiro atoms. The van der Waals surface area contributed by atoms with Gasteiger partial charge in [-0.2, -0.15) is 13.5 Å². The van der Waals surface area contributed by atoms with Crippen LogP contribution in [0.1, 0.15) is 0 Å². The SMILES string of the molecule is NC(N)=N/N=C(/C=N/N=C(N)N)C(O)C(O)CO.O=S(=O)(O)O. The van der Waals surface area contributed by atoms with Gasteiger partial charge in [-0.05, 0) is 0 Å². The first-order valence-electron chi connectivity index (χ1n) is 5.33. The normalized spacial score (nSPS) is 14.4. The van der Waals surface area contributed by atoms with E-state index in [1.54, 1.807) is 0 Å². The molecule has 0 aliphatic heterocycles. The van der Waals surface area contributed by atoms with Gasteiger partial charge < -0.3 is 38.3 Å². The summed E-state index contributed by atoms with van der Waals surface area (Å²) in [7, 11) is -4.67. The second-order valence-electron chi connectivity index (χ2n) is 3.46. The zero-order chi connectivity index (χ0) is 18.6. The molecular formula is C7H18N8O7S. The molecule has 0 aliphatic carbocycles. The predicted octanol–water partition coefficient (Wildman–Crippen LogP) is -5.06. The molecule has 15 nitrogen and oxygen atoms in total. The molecule has 16 heteroatoms. The van der Waals surface area contributed by atoms with E-state index in [1.807, 2.05) is 0 Å². The molecule has 0 aliphatic rings. The summed E-state index contributed by atoms with van der Waals surface area (Å²) < 4.78 is 31.6. The van der Waals surface area contributed by atoms with Crippen LogP contribution in [0.5, 0.6) is 0 Å². The van der Waals surface area contributed by atoms with Crippen LogP contribution in [0.25, 0.3) is 0 Å². The monoisotopic (exact) mass is 358 g/mol. The van der Waals surface area contributed by atoms with Crippen molar-refractivity contribution in [1.29, 1.82) is 0 Å². The fourth-order valence-electron chi connectivity index (χ4n) is 0.728. The van der Waals surface area contributed by atoms with E-state index in [-0.39, 0.29) is 17.6 Å². The van der Waals surface area contributed by atoms with Crippen LogP contribution in [0.3, 0.4) is 0 Å². The summed E-state index contributed by atoms with van der Waals surface area (Å²) in [6, 6.07) is 0. The zero-order valence-electron chi connectivity index (χ0n) is 11.5. The Labute approximate surface area is 130 Å². The van der Waals surface area contributed by atoms with Crippen molar-refractivity contribution in [2.24, 2.45) is 43.3 Å². The lowest BCUT2D eigenvalue weighted by molar-refractivity contribution is 0.0192. The minimum Gasteiger partial charge on any atom is -0.394 e. The summed E-state index contributed by atoms with van der Waals surface area (Å²) in [6.45, 7) is -0.696. The first-order valence-corrected chi connectivity index (χ1v) is 6.73.